The SMILES string of the molecule is COc1cc(/C(=C/C(=O)Nc2cccnc2)c2ccc(C)c(CN3C[C@@H](C)Cc4ccc(C(F)(F)F)cc4S3(=O)=O)c2)cc2nnn(C)c12. The van der Waals surface area contributed by atoms with E-state index in [1.165, 1.54) is 29.8 Å². The second-order valence-corrected chi connectivity index (χ2v) is 14.0. The van der Waals surface area contributed by atoms with Crippen LogP contribution in [0.15, 0.2) is 84.0 Å². The lowest BCUT2D eigenvalue weighted by atomic mass is 9.93. The van der Waals surface area contributed by atoms with Crippen LogP contribution in [0.25, 0.3) is 16.6 Å². The van der Waals surface area contributed by atoms with Crippen molar-refractivity contribution in [3.05, 3.63) is 113 Å². The Bertz CT molecular complexity index is 2200. The van der Waals surface area contributed by atoms with Gasteiger partial charge in [0.2, 0.25) is 15.9 Å². The van der Waals surface area contributed by atoms with Crippen molar-refractivity contribution in [2.24, 2.45) is 13.0 Å². The fourth-order valence-corrected chi connectivity index (χ4v) is 7.86. The molecule has 1 amide bonds. The Labute approximate surface area is 281 Å². The van der Waals surface area contributed by atoms with Crippen molar-refractivity contribution in [2.75, 3.05) is 19.0 Å². The molecule has 0 spiro atoms. The average molecular weight is 691 g/mol. The molecule has 6 rings (SSSR count). The Morgan fingerprint density at radius 1 is 1.10 bits per heavy atom. The molecule has 0 aliphatic carbocycles. The van der Waals surface area contributed by atoms with Crippen LogP contribution in [-0.2, 0) is 41.0 Å². The molecule has 0 unspecified atom stereocenters. The third-order valence-corrected chi connectivity index (χ3v) is 10.4. The molecule has 1 atom stereocenters. The number of anilines is 1. The highest BCUT2D eigenvalue weighted by Gasteiger charge is 2.37. The summed E-state index contributed by atoms with van der Waals surface area (Å²) in [4.78, 5) is 17.1. The van der Waals surface area contributed by atoms with E-state index in [1.54, 1.807) is 48.3 Å². The summed E-state index contributed by atoms with van der Waals surface area (Å²) < 4.78 is 77.3. The van der Waals surface area contributed by atoms with E-state index in [4.69, 9.17) is 4.74 Å². The minimum absolute atomic E-state index is 0.0935. The first kappa shape index (κ1) is 33.8. The molecule has 5 aromatic rings. The molecule has 1 aliphatic heterocycles. The van der Waals surface area contributed by atoms with Crippen molar-refractivity contribution in [2.45, 2.75) is 37.9 Å². The summed E-state index contributed by atoms with van der Waals surface area (Å²) in [7, 11) is -1.05. The van der Waals surface area contributed by atoms with Gasteiger partial charge in [0, 0.05) is 32.4 Å². The number of alkyl halides is 3. The highest BCUT2D eigenvalue weighted by molar-refractivity contribution is 7.89. The van der Waals surface area contributed by atoms with E-state index in [0.717, 1.165) is 17.7 Å². The van der Waals surface area contributed by atoms with E-state index in [0.29, 0.717) is 56.7 Å². The third kappa shape index (κ3) is 6.92. The number of carbonyl (C=O) groups is 1. The number of pyridine rings is 1. The zero-order valence-electron chi connectivity index (χ0n) is 27.1. The van der Waals surface area contributed by atoms with Gasteiger partial charge in [-0.2, -0.15) is 17.5 Å². The second-order valence-electron chi connectivity index (χ2n) is 12.1. The molecule has 0 fully saturated rings. The van der Waals surface area contributed by atoms with Crippen molar-refractivity contribution in [1.82, 2.24) is 24.3 Å². The number of fused-ring (bicyclic) bond motifs is 2. The van der Waals surface area contributed by atoms with Crippen molar-refractivity contribution in [3.8, 4) is 5.75 Å². The molecule has 1 aliphatic rings. The summed E-state index contributed by atoms with van der Waals surface area (Å²) in [6.07, 6.45) is 0.155. The highest BCUT2D eigenvalue weighted by atomic mass is 32.2. The number of rotatable bonds is 7. The Balaban J connectivity index is 1.44. The zero-order valence-corrected chi connectivity index (χ0v) is 27.9. The number of ether oxygens (including phenoxy) is 1. The van der Waals surface area contributed by atoms with Gasteiger partial charge < -0.3 is 10.1 Å². The van der Waals surface area contributed by atoms with Crippen LogP contribution >= 0.6 is 0 Å². The van der Waals surface area contributed by atoms with Crippen LogP contribution in [0.1, 0.15) is 40.3 Å². The van der Waals surface area contributed by atoms with Crippen LogP contribution in [0.2, 0.25) is 0 Å². The maximum absolute atomic E-state index is 14.0. The van der Waals surface area contributed by atoms with Gasteiger partial charge in [-0.05, 0) is 95.1 Å². The number of carbonyl (C=O) groups excluding carboxylic acids is 1. The lowest BCUT2D eigenvalue weighted by Crippen LogP contribution is -2.33. The van der Waals surface area contributed by atoms with E-state index in [2.05, 4.69) is 20.6 Å². The number of amides is 1. The first-order chi connectivity index (χ1) is 23.2. The summed E-state index contributed by atoms with van der Waals surface area (Å²) in [5.74, 6) is -0.120. The number of sulfonamides is 1. The number of benzene rings is 3. The molecule has 14 heteroatoms. The smallest absolute Gasteiger partial charge is 0.416 e. The Kier molecular flexibility index (Phi) is 9.03. The molecular formula is C35H33F3N6O4S. The number of halogens is 3. The lowest BCUT2D eigenvalue weighted by molar-refractivity contribution is -0.137. The van der Waals surface area contributed by atoms with Crippen molar-refractivity contribution < 1.29 is 31.1 Å². The van der Waals surface area contributed by atoms with Crippen LogP contribution in [-0.4, -0.2) is 52.3 Å². The number of methoxy groups -OCH3 is 1. The number of nitrogens with one attached hydrogen (secondary N) is 1. The highest BCUT2D eigenvalue weighted by Crippen LogP contribution is 2.37. The summed E-state index contributed by atoms with van der Waals surface area (Å²) in [5.41, 5.74) is 4.07. The van der Waals surface area contributed by atoms with Gasteiger partial charge in [0.15, 0.2) is 0 Å². The number of aryl methyl sites for hydroxylation is 2. The normalized spacial score (nSPS) is 16.6. The van der Waals surface area contributed by atoms with E-state index in [9.17, 15) is 26.4 Å². The first-order valence-electron chi connectivity index (χ1n) is 15.3. The van der Waals surface area contributed by atoms with Gasteiger partial charge in [0.05, 0.1) is 29.5 Å². The summed E-state index contributed by atoms with van der Waals surface area (Å²) in [6, 6.07) is 15.3. The molecule has 0 bridgehead atoms. The van der Waals surface area contributed by atoms with E-state index in [-0.39, 0.29) is 23.9 Å². The van der Waals surface area contributed by atoms with Gasteiger partial charge in [-0.25, -0.2) is 13.1 Å². The molecule has 10 nitrogen and oxygen atoms in total. The molecule has 254 valence electrons. The Morgan fingerprint density at radius 2 is 1.90 bits per heavy atom. The van der Waals surface area contributed by atoms with Crippen LogP contribution < -0.4 is 10.1 Å². The minimum Gasteiger partial charge on any atom is -0.494 e. The predicted molar refractivity (Wildman–Crippen MR) is 178 cm³/mol. The third-order valence-electron chi connectivity index (χ3n) is 8.50. The molecule has 0 saturated heterocycles. The van der Waals surface area contributed by atoms with Gasteiger partial charge in [0.1, 0.15) is 16.8 Å². The average Bonchev–Trinajstić information content (AvgIpc) is 3.40. The largest absolute Gasteiger partial charge is 0.494 e. The quantitative estimate of drug-likeness (QED) is 0.204. The summed E-state index contributed by atoms with van der Waals surface area (Å²) in [6.45, 7) is 3.72. The molecule has 1 N–H and O–H groups in total. The van der Waals surface area contributed by atoms with Gasteiger partial charge in [0.25, 0.3) is 0 Å². The van der Waals surface area contributed by atoms with Gasteiger partial charge >= 0.3 is 6.18 Å². The summed E-state index contributed by atoms with van der Waals surface area (Å²) in [5, 5.41) is 11.2. The van der Waals surface area contributed by atoms with Crippen LogP contribution in [0.3, 0.4) is 0 Å². The Hall–Kier alpha value is -5.08. The lowest BCUT2D eigenvalue weighted by Gasteiger charge is -2.24. The van der Waals surface area contributed by atoms with Crippen molar-refractivity contribution in [1.29, 1.82) is 0 Å². The molecular weight excluding hydrogens is 657 g/mol. The molecule has 49 heavy (non-hydrogen) atoms. The minimum atomic E-state index is -4.69. The van der Waals surface area contributed by atoms with Crippen molar-refractivity contribution >= 4 is 38.2 Å². The topological polar surface area (TPSA) is 119 Å². The standard InChI is InChI=1S/C35H33F3N6O4S/c1-21-12-24-9-10-27(35(36,37)38)16-32(24)49(46,47)44(19-21)20-26-13-23(8-7-22(26)2)29(17-33(45)40-28-6-5-11-39-18-28)25-14-30-34(31(15-25)48-4)43(3)42-41-30/h5-11,13-18,21H,12,19-20H2,1-4H3,(H,40,45)/b29-17+/t21-/m0/s1. The number of aromatic nitrogens is 4. The molecule has 2 aromatic heterocycles. The van der Waals surface area contributed by atoms with Crippen molar-refractivity contribution in [3.63, 3.8) is 0 Å². The number of hydrogen-bond acceptors (Lipinski definition) is 7. The monoisotopic (exact) mass is 690 g/mol. The van der Waals surface area contributed by atoms with Gasteiger partial charge in [-0.1, -0.05) is 30.3 Å². The predicted octanol–water partition coefficient (Wildman–Crippen LogP) is 6.15. The fourth-order valence-electron chi connectivity index (χ4n) is 6.06. The van der Waals surface area contributed by atoms with Crippen LogP contribution in [0.4, 0.5) is 18.9 Å². The zero-order chi connectivity index (χ0) is 35.1. The van der Waals surface area contributed by atoms with Gasteiger partial charge in [-0.15, -0.1) is 5.10 Å². The van der Waals surface area contributed by atoms with Crippen LogP contribution in [0, 0.1) is 12.8 Å². The fraction of sp³-hybridized carbons (Fsp3) is 0.257. The molecule has 0 saturated carbocycles. The molecule has 3 aromatic carbocycles. The van der Waals surface area contributed by atoms with Crippen LogP contribution in [0.5, 0.6) is 5.75 Å². The molecule has 3 heterocycles. The van der Waals surface area contributed by atoms with E-state index >= 15 is 0 Å². The first-order valence-corrected chi connectivity index (χ1v) is 16.8. The van der Waals surface area contributed by atoms with E-state index < -0.39 is 27.7 Å². The van der Waals surface area contributed by atoms with Gasteiger partial charge in [-0.3, -0.25) is 9.78 Å². The maximum Gasteiger partial charge on any atom is 0.416 e. The van der Waals surface area contributed by atoms with E-state index in [1.807, 2.05) is 26.0 Å². The maximum atomic E-state index is 14.0. The second kappa shape index (κ2) is 13.1. The molecule has 0 radical (unpaired) electrons. The number of hydrogen-bond donors (Lipinski definition) is 1. The Morgan fingerprint density at radius 3 is 2.61 bits per heavy atom. The summed E-state index contributed by atoms with van der Waals surface area (Å²) >= 11 is 0. The number of nitrogens with zero attached hydrogens (tertiary/aromatic N) is 5.